The van der Waals surface area contributed by atoms with Crippen molar-refractivity contribution in [3.05, 3.63) is 65.0 Å². The molecule has 0 fully saturated rings. The van der Waals surface area contributed by atoms with Crippen LogP contribution < -0.4 is 11.5 Å². The molecule has 0 saturated carbocycles. The summed E-state index contributed by atoms with van der Waals surface area (Å²) < 4.78 is 14.0. The molecule has 2 aromatic carbocycles. The van der Waals surface area contributed by atoms with Gasteiger partial charge in [-0.1, -0.05) is 36.4 Å². The number of anilines is 1. The number of fused-ring (bicyclic) bond motifs is 3. The molecular weight excluding hydrogens is 476 g/mol. The summed E-state index contributed by atoms with van der Waals surface area (Å²) in [6, 6.07) is 15.4. The number of nitrogens with two attached hydrogens (primary N) is 2. The highest BCUT2D eigenvalue weighted by molar-refractivity contribution is 6.06. The molecule has 0 radical (unpaired) electrons. The highest BCUT2D eigenvalue weighted by Crippen LogP contribution is 2.31. The Labute approximate surface area is 225 Å². The Kier molecular flexibility index (Phi) is 8.99. The maximum atomic E-state index is 6.47. The van der Waals surface area contributed by atoms with Crippen LogP contribution in [0.15, 0.2) is 42.5 Å². The van der Waals surface area contributed by atoms with Gasteiger partial charge in [-0.05, 0) is 70.5 Å². The molecule has 38 heavy (non-hydrogen) atoms. The number of ether oxygens (including phenoxy) is 2. The van der Waals surface area contributed by atoms with Gasteiger partial charge < -0.3 is 30.4 Å². The highest BCUT2D eigenvalue weighted by atomic mass is 16.5. The minimum absolute atomic E-state index is 0.391. The molecule has 204 valence electrons. The second-order valence-electron chi connectivity index (χ2n) is 10.7. The van der Waals surface area contributed by atoms with Gasteiger partial charge in [-0.3, -0.25) is 0 Å². The summed E-state index contributed by atoms with van der Waals surface area (Å²) in [4.78, 5) is 11.8. The topological polar surface area (TPSA) is 104 Å². The molecule has 4 rings (SSSR count). The second-order valence-corrected chi connectivity index (χ2v) is 10.7. The van der Waals surface area contributed by atoms with Gasteiger partial charge in [0.05, 0.1) is 29.8 Å². The first-order valence-corrected chi connectivity index (χ1v) is 13.4. The predicted octanol–water partition coefficient (Wildman–Crippen LogP) is 4.15. The van der Waals surface area contributed by atoms with Gasteiger partial charge in [-0.2, -0.15) is 0 Å². The molecule has 0 aliphatic rings. The monoisotopic (exact) mass is 518 g/mol. The van der Waals surface area contributed by atoms with Crippen molar-refractivity contribution in [3.8, 4) is 0 Å². The van der Waals surface area contributed by atoms with Crippen LogP contribution in [0.4, 0.5) is 5.82 Å². The molecule has 2 aromatic heterocycles. The van der Waals surface area contributed by atoms with Crippen LogP contribution in [0.5, 0.6) is 0 Å². The Morgan fingerprint density at radius 3 is 2.39 bits per heavy atom. The molecule has 2 heterocycles. The molecule has 0 spiro atoms. The summed E-state index contributed by atoms with van der Waals surface area (Å²) >= 11 is 0. The first kappa shape index (κ1) is 28.0. The predicted molar refractivity (Wildman–Crippen MR) is 155 cm³/mol. The van der Waals surface area contributed by atoms with Gasteiger partial charge >= 0.3 is 0 Å². The Morgan fingerprint density at radius 1 is 1.00 bits per heavy atom. The third-order valence-electron chi connectivity index (χ3n) is 6.71. The molecule has 8 nitrogen and oxygen atoms in total. The first-order valence-electron chi connectivity index (χ1n) is 13.4. The lowest BCUT2D eigenvalue weighted by molar-refractivity contribution is -0.0258. The van der Waals surface area contributed by atoms with E-state index in [1.54, 1.807) is 0 Å². The molecular formula is C30H42N6O2. The summed E-state index contributed by atoms with van der Waals surface area (Å²) in [6.45, 7) is 9.70. The molecule has 0 bridgehead atoms. The molecule has 0 amide bonds. The molecule has 0 saturated heterocycles. The summed E-state index contributed by atoms with van der Waals surface area (Å²) in [5, 5.41) is 1.02. The number of benzene rings is 2. The van der Waals surface area contributed by atoms with E-state index in [-0.39, 0.29) is 0 Å². The highest BCUT2D eigenvalue weighted by Gasteiger charge is 2.25. The third-order valence-corrected chi connectivity index (χ3v) is 6.71. The largest absolute Gasteiger partial charge is 0.382 e. The smallest absolute Gasteiger partial charge is 0.152 e. The molecule has 0 unspecified atom stereocenters. The second kappa shape index (κ2) is 12.2. The molecule has 0 atom stereocenters. The average molecular weight is 519 g/mol. The number of aromatic nitrogens is 3. The minimum atomic E-state index is -0.447. The van der Waals surface area contributed by atoms with Crippen molar-refractivity contribution < 1.29 is 9.47 Å². The number of hydrogen-bond acceptors (Lipinski definition) is 7. The van der Waals surface area contributed by atoms with Crippen molar-refractivity contribution in [1.29, 1.82) is 0 Å². The molecule has 0 aliphatic heterocycles. The number of hydrogen-bond donors (Lipinski definition) is 2. The Bertz CT molecular complexity index is 1360. The zero-order chi connectivity index (χ0) is 27.3. The zero-order valence-corrected chi connectivity index (χ0v) is 23.5. The van der Waals surface area contributed by atoms with Crippen LogP contribution in [0, 0.1) is 0 Å². The summed E-state index contributed by atoms with van der Waals surface area (Å²) in [5.41, 5.74) is 18.1. The fraction of sp³-hybridized carbons (Fsp3) is 0.467. The van der Waals surface area contributed by atoms with E-state index < -0.39 is 5.60 Å². The van der Waals surface area contributed by atoms with Gasteiger partial charge in [0.25, 0.3) is 0 Å². The van der Waals surface area contributed by atoms with Crippen LogP contribution in [0.3, 0.4) is 0 Å². The van der Waals surface area contributed by atoms with Crippen LogP contribution in [0.25, 0.3) is 21.9 Å². The summed E-state index contributed by atoms with van der Waals surface area (Å²) in [7, 11) is 4.21. The maximum absolute atomic E-state index is 6.47. The first-order chi connectivity index (χ1) is 18.2. The van der Waals surface area contributed by atoms with E-state index in [0.29, 0.717) is 44.2 Å². The number of likely N-dealkylation sites (N-methyl/N-ethyl adjacent to an activating group) is 1. The lowest BCUT2D eigenvalue weighted by atomic mass is 10.0. The van der Waals surface area contributed by atoms with E-state index in [0.717, 1.165) is 41.6 Å². The number of rotatable bonds is 13. The van der Waals surface area contributed by atoms with Gasteiger partial charge in [0.1, 0.15) is 17.9 Å². The van der Waals surface area contributed by atoms with Gasteiger partial charge in [0.2, 0.25) is 0 Å². The maximum Gasteiger partial charge on any atom is 0.152 e. The lowest BCUT2D eigenvalue weighted by Crippen LogP contribution is -2.33. The van der Waals surface area contributed by atoms with E-state index in [9.17, 15) is 0 Å². The van der Waals surface area contributed by atoms with Crippen molar-refractivity contribution in [2.24, 2.45) is 5.73 Å². The minimum Gasteiger partial charge on any atom is -0.382 e. The van der Waals surface area contributed by atoms with Crippen LogP contribution in [0.1, 0.15) is 43.3 Å². The van der Waals surface area contributed by atoms with E-state index in [1.807, 2.05) is 6.92 Å². The molecule has 4 aromatic rings. The lowest BCUT2D eigenvalue weighted by Gasteiger charge is -2.27. The van der Waals surface area contributed by atoms with Crippen LogP contribution in [0.2, 0.25) is 0 Å². The van der Waals surface area contributed by atoms with Crippen molar-refractivity contribution in [1.82, 2.24) is 19.4 Å². The Morgan fingerprint density at radius 2 is 1.71 bits per heavy atom. The number of pyridine rings is 1. The summed E-state index contributed by atoms with van der Waals surface area (Å²) in [5.74, 6) is 1.23. The third kappa shape index (κ3) is 6.69. The quantitative estimate of drug-likeness (QED) is 0.274. The SMILES string of the molecule is CCOCc1nc2c(N)nc3cc(Cc4ccc(CCN(C)C)cc4)ccc3c2n1CC(C)(C)OCCN. The van der Waals surface area contributed by atoms with E-state index in [2.05, 4.69) is 79.9 Å². The van der Waals surface area contributed by atoms with Crippen molar-refractivity contribution in [3.63, 3.8) is 0 Å². The Hall–Kier alpha value is -3.04. The van der Waals surface area contributed by atoms with Gasteiger partial charge in [-0.15, -0.1) is 0 Å². The van der Waals surface area contributed by atoms with Crippen molar-refractivity contribution in [2.75, 3.05) is 46.1 Å². The van der Waals surface area contributed by atoms with Gasteiger partial charge in [-0.25, -0.2) is 9.97 Å². The van der Waals surface area contributed by atoms with Gasteiger partial charge in [0.15, 0.2) is 5.82 Å². The molecule has 0 aliphatic carbocycles. The van der Waals surface area contributed by atoms with Crippen molar-refractivity contribution in [2.45, 2.75) is 52.4 Å². The van der Waals surface area contributed by atoms with Crippen LogP contribution >= 0.6 is 0 Å². The van der Waals surface area contributed by atoms with E-state index in [1.165, 1.54) is 16.7 Å². The number of nitrogens with zero attached hydrogens (tertiary/aromatic N) is 4. The van der Waals surface area contributed by atoms with E-state index in [4.69, 9.17) is 30.9 Å². The fourth-order valence-electron chi connectivity index (χ4n) is 4.76. The molecule has 4 N–H and O–H groups in total. The van der Waals surface area contributed by atoms with E-state index >= 15 is 0 Å². The average Bonchev–Trinajstić information content (AvgIpc) is 3.24. The van der Waals surface area contributed by atoms with Crippen molar-refractivity contribution >= 4 is 27.8 Å². The fourth-order valence-corrected chi connectivity index (χ4v) is 4.76. The zero-order valence-electron chi connectivity index (χ0n) is 23.5. The van der Waals surface area contributed by atoms with Crippen LogP contribution in [-0.2, 0) is 35.5 Å². The molecule has 8 heteroatoms. The van der Waals surface area contributed by atoms with Crippen LogP contribution in [-0.4, -0.2) is 65.4 Å². The number of imidazole rings is 1. The Balaban J connectivity index is 1.69. The summed E-state index contributed by atoms with van der Waals surface area (Å²) in [6.07, 6.45) is 1.88. The standard InChI is InChI=1S/C30H42N6O2/c1-6-37-19-26-34-27-28(36(26)20-30(2,3)38-16-14-31)24-12-11-23(18-25(24)33-29(27)32)17-22-9-7-21(8-10-22)13-15-35(4)5/h7-12,18H,6,13-17,19-20,31H2,1-5H3,(H2,32,33). The normalized spacial score (nSPS) is 12.3. The number of nitrogen functional groups attached to an aromatic ring is 1. The van der Waals surface area contributed by atoms with Gasteiger partial charge in [0, 0.05) is 25.1 Å².